The van der Waals surface area contributed by atoms with E-state index in [1.165, 1.54) is 18.2 Å². The molecular weight excluding hydrogens is 387 g/mol. The number of ether oxygens (including phenoxy) is 1. The van der Waals surface area contributed by atoms with E-state index in [0.717, 1.165) is 18.9 Å². The maximum Gasteiger partial charge on any atom is 0.178 e. The number of nitrogens with zero attached hydrogens (tertiary/aromatic N) is 4. The Morgan fingerprint density at radius 3 is 2.93 bits per heavy atom. The van der Waals surface area contributed by atoms with Gasteiger partial charge in [-0.15, -0.1) is 0 Å². The zero-order valence-electron chi connectivity index (χ0n) is 14.8. The number of aromatic amines is 1. The summed E-state index contributed by atoms with van der Waals surface area (Å²) in [6.07, 6.45) is 1.58. The average molecular weight is 405 g/mol. The smallest absolute Gasteiger partial charge is 0.178 e. The number of hydrogen-bond acceptors (Lipinski definition) is 6. The number of halogens is 2. The molecule has 3 heterocycles. The number of rotatable bonds is 4. The fourth-order valence-electron chi connectivity index (χ4n) is 3.03. The first kappa shape index (κ1) is 18.8. The van der Waals surface area contributed by atoms with Gasteiger partial charge in [-0.1, -0.05) is 11.6 Å². The Balaban J connectivity index is 1.67. The van der Waals surface area contributed by atoms with Gasteiger partial charge in [-0.3, -0.25) is 15.6 Å². The van der Waals surface area contributed by atoms with Crippen molar-refractivity contribution in [3.8, 4) is 0 Å². The number of nitrogens with one attached hydrogen (secondary N) is 2. The molecule has 10 heteroatoms. The van der Waals surface area contributed by atoms with E-state index in [4.69, 9.17) is 16.3 Å². The van der Waals surface area contributed by atoms with Gasteiger partial charge in [0.15, 0.2) is 11.5 Å². The van der Waals surface area contributed by atoms with Gasteiger partial charge < -0.3 is 9.72 Å². The van der Waals surface area contributed by atoms with Gasteiger partial charge in [0, 0.05) is 24.8 Å². The van der Waals surface area contributed by atoms with Gasteiger partial charge >= 0.3 is 0 Å². The fraction of sp³-hybridized carbons (Fsp3) is 0.278. The normalized spacial score (nSPS) is 15.9. The molecule has 28 heavy (non-hydrogen) atoms. The highest BCUT2D eigenvalue weighted by Crippen LogP contribution is 2.23. The fourth-order valence-corrected chi connectivity index (χ4v) is 3.21. The van der Waals surface area contributed by atoms with Crippen molar-refractivity contribution in [2.45, 2.75) is 6.54 Å². The van der Waals surface area contributed by atoms with Gasteiger partial charge in [0.2, 0.25) is 0 Å². The highest BCUT2D eigenvalue weighted by atomic mass is 35.5. The largest absolute Gasteiger partial charge is 0.379 e. The monoisotopic (exact) mass is 404 g/mol. The molecule has 0 atom stereocenters. The molecule has 3 N–H and O–H groups in total. The maximum atomic E-state index is 13.4. The van der Waals surface area contributed by atoms with Crippen molar-refractivity contribution in [3.63, 3.8) is 0 Å². The number of hydroxylamine groups is 1. The van der Waals surface area contributed by atoms with Crippen molar-refractivity contribution < 1.29 is 14.3 Å². The first-order chi connectivity index (χ1) is 13.6. The number of H-pyrrole nitrogens is 1. The molecule has 0 bridgehead atoms. The number of hydrogen-bond donors (Lipinski definition) is 3. The SMILES string of the molecule is ONC(=Nc1ccc(F)c(Cl)c1)c1ccnc2nc(CN3CCOCC3)[nH]c12. The second kappa shape index (κ2) is 8.19. The molecule has 1 aromatic carbocycles. The summed E-state index contributed by atoms with van der Waals surface area (Å²) in [5.74, 6) is 0.391. The first-order valence-corrected chi connectivity index (χ1v) is 9.10. The Kier molecular flexibility index (Phi) is 5.49. The summed E-state index contributed by atoms with van der Waals surface area (Å²) in [4.78, 5) is 18.6. The third kappa shape index (κ3) is 3.97. The van der Waals surface area contributed by atoms with Crippen molar-refractivity contribution in [1.29, 1.82) is 0 Å². The van der Waals surface area contributed by atoms with Gasteiger partial charge in [-0.25, -0.2) is 19.4 Å². The summed E-state index contributed by atoms with van der Waals surface area (Å²) < 4.78 is 18.7. The van der Waals surface area contributed by atoms with Crippen molar-refractivity contribution in [2.75, 3.05) is 26.3 Å². The topological polar surface area (TPSA) is 98.7 Å². The quantitative estimate of drug-likeness (QED) is 0.351. The summed E-state index contributed by atoms with van der Waals surface area (Å²) >= 11 is 5.81. The molecule has 8 nitrogen and oxygen atoms in total. The number of aromatic nitrogens is 3. The molecule has 0 saturated carbocycles. The van der Waals surface area contributed by atoms with E-state index in [-0.39, 0.29) is 10.9 Å². The summed E-state index contributed by atoms with van der Waals surface area (Å²) in [6, 6.07) is 5.76. The van der Waals surface area contributed by atoms with Crippen LogP contribution in [0.25, 0.3) is 11.2 Å². The summed E-state index contributed by atoms with van der Waals surface area (Å²) in [5, 5.41) is 9.58. The van der Waals surface area contributed by atoms with Crippen LogP contribution in [0, 0.1) is 5.82 Å². The Morgan fingerprint density at radius 1 is 1.36 bits per heavy atom. The van der Waals surface area contributed by atoms with Crippen molar-refractivity contribution >= 4 is 34.3 Å². The predicted molar refractivity (Wildman–Crippen MR) is 103 cm³/mol. The van der Waals surface area contributed by atoms with E-state index in [0.29, 0.717) is 42.2 Å². The number of aliphatic imine (C=N–C) groups is 1. The lowest BCUT2D eigenvalue weighted by Gasteiger charge is -2.25. The van der Waals surface area contributed by atoms with E-state index < -0.39 is 5.82 Å². The van der Waals surface area contributed by atoms with Crippen LogP contribution in [0.3, 0.4) is 0 Å². The predicted octanol–water partition coefficient (Wildman–Crippen LogP) is 2.64. The number of pyridine rings is 1. The molecule has 1 fully saturated rings. The third-order valence-corrected chi connectivity index (χ3v) is 4.71. The maximum absolute atomic E-state index is 13.4. The van der Waals surface area contributed by atoms with Crippen LogP contribution in [-0.4, -0.2) is 57.2 Å². The van der Waals surface area contributed by atoms with E-state index >= 15 is 0 Å². The lowest BCUT2D eigenvalue weighted by atomic mass is 10.2. The number of morpholine rings is 1. The van der Waals surface area contributed by atoms with Crippen LogP contribution in [0.2, 0.25) is 5.02 Å². The Hall–Kier alpha value is -2.59. The Labute approximate surface area is 165 Å². The zero-order chi connectivity index (χ0) is 19.5. The average Bonchev–Trinajstić information content (AvgIpc) is 3.12. The zero-order valence-corrected chi connectivity index (χ0v) is 15.6. The molecule has 1 aliphatic heterocycles. The van der Waals surface area contributed by atoms with E-state index in [2.05, 4.69) is 30.3 Å². The molecule has 0 unspecified atom stereocenters. The molecule has 146 valence electrons. The lowest BCUT2D eigenvalue weighted by Crippen LogP contribution is -2.35. The van der Waals surface area contributed by atoms with Gasteiger partial charge in [-0.2, -0.15) is 0 Å². The summed E-state index contributed by atoms with van der Waals surface area (Å²) in [6.45, 7) is 3.73. The standard InChI is InChI=1S/C18H18ClFN6O2/c19-13-9-11(1-2-14(13)20)22-17(25-27)12-3-4-21-18-16(12)23-15(24-18)10-26-5-7-28-8-6-26/h1-4,9,27H,5-8,10H2,(H,22,25)(H,21,23,24). The van der Waals surface area contributed by atoms with Gasteiger partial charge in [0.1, 0.15) is 11.6 Å². The van der Waals surface area contributed by atoms with Crippen molar-refractivity contribution in [1.82, 2.24) is 25.3 Å². The van der Waals surface area contributed by atoms with Gasteiger partial charge in [0.25, 0.3) is 0 Å². The van der Waals surface area contributed by atoms with E-state index in [9.17, 15) is 9.60 Å². The van der Waals surface area contributed by atoms with Crippen molar-refractivity contribution in [3.05, 3.63) is 52.7 Å². The Morgan fingerprint density at radius 2 is 2.18 bits per heavy atom. The molecule has 0 amide bonds. The molecule has 2 aromatic heterocycles. The summed E-state index contributed by atoms with van der Waals surface area (Å²) in [5.41, 5.74) is 4.21. The van der Waals surface area contributed by atoms with Gasteiger partial charge in [0.05, 0.1) is 36.0 Å². The molecule has 1 aliphatic rings. The Bertz CT molecular complexity index is 1020. The molecule has 0 spiro atoms. The molecule has 1 saturated heterocycles. The van der Waals surface area contributed by atoms with Crippen LogP contribution >= 0.6 is 11.6 Å². The van der Waals surface area contributed by atoms with Crippen molar-refractivity contribution in [2.24, 2.45) is 4.99 Å². The minimum absolute atomic E-state index is 0.0484. The van der Waals surface area contributed by atoms with Crippen LogP contribution in [-0.2, 0) is 11.3 Å². The minimum atomic E-state index is -0.535. The molecule has 0 radical (unpaired) electrons. The highest BCUT2D eigenvalue weighted by molar-refractivity contribution is 6.31. The number of benzene rings is 1. The minimum Gasteiger partial charge on any atom is -0.379 e. The second-order valence-corrected chi connectivity index (χ2v) is 6.71. The number of imidazole rings is 1. The number of fused-ring (bicyclic) bond motifs is 1. The van der Waals surface area contributed by atoms with Gasteiger partial charge in [-0.05, 0) is 24.3 Å². The lowest BCUT2D eigenvalue weighted by molar-refractivity contribution is 0.0332. The van der Waals surface area contributed by atoms with Crippen LogP contribution in [0.4, 0.5) is 10.1 Å². The summed E-state index contributed by atoms with van der Waals surface area (Å²) in [7, 11) is 0. The van der Waals surface area contributed by atoms with Crippen LogP contribution < -0.4 is 5.48 Å². The molecule has 0 aliphatic carbocycles. The molecular formula is C18H18ClFN6O2. The number of amidine groups is 1. The van der Waals surface area contributed by atoms with Crippen LogP contribution in [0.5, 0.6) is 0 Å². The van der Waals surface area contributed by atoms with E-state index in [1.54, 1.807) is 12.3 Å². The molecule has 4 rings (SSSR count). The first-order valence-electron chi connectivity index (χ1n) is 8.72. The molecule has 3 aromatic rings. The highest BCUT2D eigenvalue weighted by Gasteiger charge is 2.16. The van der Waals surface area contributed by atoms with Crippen LogP contribution in [0.15, 0.2) is 35.5 Å². The second-order valence-electron chi connectivity index (χ2n) is 6.30. The third-order valence-electron chi connectivity index (χ3n) is 4.42. The van der Waals surface area contributed by atoms with Crippen LogP contribution in [0.1, 0.15) is 11.4 Å². The van der Waals surface area contributed by atoms with E-state index in [1.807, 2.05) is 0 Å².